The molecule has 0 saturated carbocycles. The van der Waals surface area contributed by atoms with Gasteiger partial charge in [-0.1, -0.05) is 30.3 Å². The van der Waals surface area contributed by atoms with Crippen LogP contribution in [0.3, 0.4) is 0 Å². The summed E-state index contributed by atoms with van der Waals surface area (Å²) in [5.74, 6) is 0. The molecule has 2 rings (SSSR count). The van der Waals surface area contributed by atoms with Crippen molar-refractivity contribution in [2.75, 3.05) is 32.8 Å². The normalized spacial score (nSPS) is 21.5. The van der Waals surface area contributed by atoms with Crippen molar-refractivity contribution in [2.24, 2.45) is 0 Å². The SMILES string of the molecule is CCOC(C)(C)CN1CCNC(c2ccccc2)C1. The quantitative estimate of drug-likeness (QED) is 0.882. The fourth-order valence-electron chi connectivity index (χ4n) is 2.84. The molecule has 0 bridgehead atoms. The minimum atomic E-state index is -0.0622. The highest BCUT2D eigenvalue weighted by atomic mass is 16.5. The van der Waals surface area contributed by atoms with Crippen LogP contribution in [-0.4, -0.2) is 43.3 Å². The van der Waals surface area contributed by atoms with E-state index in [1.807, 2.05) is 0 Å². The molecule has 3 nitrogen and oxygen atoms in total. The number of piperazine rings is 1. The molecule has 1 aliphatic heterocycles. The molecule has 0 spiro atoms. The van der Waals surface area contributed by atoms with Gasteiger partial charge in [-0.2, -0.15) is 0 Å². The van der Waals surface area contributed by atoms with Crippen molar-refractivity contribution in [1.82, 2.24) is 10.2 Å². The number of ether oxygens (including phenoxy) is 1. The molecule has 3 heteroatoms. The summed E-state index contributed by atoms with van der Waals surface area (Å²) in [5, 5.41) is 3.60. The van der Waals surface area contributed by atoms with Crippen molar-refractivity contribution in [3.05, 3.63) is 35.9 Å². The average molecular weight is 262 g/mol. The Morgan fingerprint density at radius 3 is 2.74 bits per heavy atom. The Morgan fingerprint density at radius 2 is 2.05 bits per heavy atom. The Morgan fingerprint density at radius 1 is 1.32 bits per heavy atom. The van der Waals surface area contributed by atoms with Gasteiger partial charge in [0.2, 0.25) is 0 Å². The van der Waals surface area contributed by atoms with Gasteiger partial charge in [-0.25, -0.2) is 0 Å². The standard InChI is InChI=1S/C16H26N2O/c1-4-19-16(2,3)13-18-11-10-17-15(12-18)14-8-6-5-7-9-14/h5-9,15,17H,4,10-13H2,1-3H3. The zero-order chi connectivity index (χ0) is 13.7. The van der Waals surface area contributed by atoms with Gasteiger partial charge in [0, 0.05) is 38.8 Å². The van der Waals surface area contributed by atoms with Crippen LogP contribution in [0.15, 0.2) is 30.3 Å². The monoisotopic (exact) mass is 262 g/mol. The molecule has 0 amide bonds. The summed E-state index contributed by atoms with van der Waals surface area (Å²) < 4.78 is 5.81. The van der Waals surface area contributed by atoms with Crippen LogP contribution in [0.4, 0.5) is 0 Å². The molecule has 1 unspecified atom stereocenters. The minimum Gasteiger partial charge on any atom is -0.375 e. The highest BCUT2D eigenvalue weighted by molar-refractivity contribution is 5.19. The zero-order valence-corrected chi connectivity index (χ0v) is 12.4. The second-order valence-electron chi connectivity index (χ2n) is 5.85. The van der Waals surface area contributed by atoms with Crippen molar-refractivity contribution in [3.63, 3.8) is 0 Å². The van der Waals surface area contributed by atoms with Crippen molar-refractivity contribution in [1.29, 1.82) is 0 Å². The Balaban J connectivity index is 1.94. The lowest BCUT2D eigenvalue weighted by molar-refractivity contribution is -0.0384. The highest BCUT2D eigenvalue weighted by Crippen LogP contribution is 2.19. The molecule has 1 atom stereocenters. The average Bonchev–Trinajstić information content (AvgIpc) is 2.39. The van der Waals surface area contributed by atoms with Gasteiger partial charge in [-0.05, 0) is 26.3 Å². The lowest BCUT2D eigenvalue weighted by Crippen LogP contribution is -2.50. The molecular weight excluding hydrogens is 236 g/mol. The molecule has 1 heterocycles. The van der Waals surface area contributed by atoms with Crippen LogP contribution in [0.2, 0.25) is 0 Å². The first kappa shape index (κ1) is 14.5. The summed E-state index contributed by atoms with van der Waals surface area (Å²) in [6.07, 6.45) is 0. The number of nitrogens with zero attached hydrogens (tertiary/aromatic N) is 1. The summed E-state index contributed by atoms with van der Waals surface area (Å²) in [6, 6.07) is 11.1. The molecule has 0 aliphatic carbocycles. The number of rotatable bonds is 5. The predicted molar refractivity (Wildman–Crippen MR) is 79.3 cm³/mol. The third-order valence-electron chi connectivity index (χ3n) is 3.60. The summed E-state index contributed by atoms with van der Waals surface area (Å²) in [4.78, 5) is 2.50. The first-order chi connectivity index (χ1) is 9.11. The van der Waals surface area contributed by atoms with E-state index in [4.69, 9.17) is 4.74 Å². The Kier molecular flexibility index (Phi) is 4.97. The predicted octanol–water partition coefficient (Wildman–Crippen LogP) is 2.45. The molecule has 1 aliphatic rings. The summed E-state index contributed by atoms with van der Waals surface area (Å²) >= 11 is 0. The van der Waals surface area contributed by atoms with E-state index in [1.54, 1.807) is 0 Å². The van der Waals surface area contributed by atoms with Crippen molar-refractivity contribution < 1.29 is 4.74 Å². The first-order valence-corrected chi connectivity index (χ1v) is 7.25. The number of nitrogens with one attached hydrogen (secondary N) is 1. The third kappa shape index (κ3) is 4.30. The molecule has 106 valence electrons. The van der Waals surface area contributed by atoms with Crippen LogP contribution >= 0.6 is 0 Å². The van der Waals surface area contributed by atoms with Crippen LogP contribution in [0, 0.1) is 0 Å². The summed E-state index contributed by atoms with van der Waals surface area (Å²) in [7, 11) is 0. The smallest absolute Gasteiger partial charge is 0.0752 e. The highest BCUT2D eigenvalue weighted by Gasteiger charge is 2.26. The largest absolute Gasteiger partial charge is 0.375 e. The third-order valence-corrected chi connectivity index (χ3v) is 3.60. The lowest BCUT2D eigenvalue weighted by atomic mass is 10.0. The maximum Gasteiger partial charge on any atom is 0.0752 e. The molecule has 1 N–H and O–H groups in total. The van der Waals surface area contributed by atoms with E-state index < -0.39 is 0 Å². The van der Waals surface area contributed by atoms with Gasteiger partial charge < -0.3 is 10.1 Å². The fourth-order valence-corrected chi connectivity index (χ4v) is 2.84. The second-order valence-corrected chi connectivity index (χ2v) is 5.85. The Labute approximate surface area is 116 Å². The van der Waals surface area contributed by atoms with Crippen LogP contribution in [-0.2, 0) is 4.74 Å². The van der Waals surface area contributed by atoms with Crippen molar-refractivity contribution in [2.45, 2.75) is 32.4 Å². The van der Waals surface area contributed by atoms with E-state index in [-0.39, 0.29) is 5.60 Å². The number of benzene rings is 1. The van der Waals surface area contributed by atoms with Gasteiger partial charge in [0.05, 0.1) is 5.60 Å². The van der Waals surface area contributed by atoms with Crippen molar-refractivity contribution >= 4 is 0 Å². The topological polar surface area (TPSA) is 24.5 Å². The van der Waals surface area contributed by atoms with Gasteiger partial charge in [0.15, 0.2) is 0 Å². The van der Waals surface area contributed by atoms with E-state index in [9.17, 15) is 0 Å². The Bertz CT molecular complexity index is 378. The van der Waals surface area contributed by atoms with Crippen LogP contribution < -0.4 is 5.32 Å². The van der Waals surface area contributed by atoms with Gasteiger partial charge in [0.25, 0.3) is 0 Å². The lowest BCUT2D eigenvalue weighted by Gasteiger charge is -2.38. The van der Waals surface area contributed by atoms with Gasteiger partial charge in [0.1, 0.15) is 0 Å². The van der Waals surface area contributed by atoms with Gasteiger partial charge >= 0.3 is 0 Å². The molecule has 0 aromatic heterocycles. The molecular formula is C16H26N2O. The maximum atomic E-state index is 5.81. The van der Waals surface area contributed by atoms with Crippen LogP contribution in [0.25, 0.3) is 0 Å². The first-order valence-electron chi connectivity index (χ1n) is 7.25. The van der Waals surface area contributed by atoms with Crippen LogP contribution in [0.1, 0.15) is 32.4 Å². The molecule has 1 aromatic carbocycles. The Hall–Kier alpha value is -0.900. The number of hydrogen-bond acceptors (Lipinski definition) is 3. The van der Waals surface area contributed by atoms with E-state index in [0.717, 1.165) is 32.8 Å². The second kappa shape index (κ2) is 6.51. The fraction of sp³-hybridized carbons (Fsp3) is 0.625. The van der Waals surface area contributed by atoms with Gasteiger partial charge in [-0.15, -0.1) is 0 Å². The number of hydrogen-bond donors (Lipinski definition) is 1. The summed E-state index contributed by atoms with van der Waals surface area (Å²) in [5.41, 5.74) is 1.31. The molecule has 19 heavy (non-hydrogen) atoms. The summed E-state index contributed by atoms with van der Waals surface area (Å²) in [6.45, 7) is 11.4. The molecule has 1 saturated heterocycles. The van der Waals surface area contributed by atoms with Crippen molar-refractivity contribution in [3.8, 4) is 0 Å². The van der Waals surface area contributed by atoms with E-state index in [2.05, 4.69) is 61.3 Å². The maximum absolute atomic E-state index is 5.81. The van der Waals surface area contributed by atoms with E-state index >= 15 is 0 Å². The minimum absolute atomic E-state index is 0.0622. The van der Waals surface area contributed by atoms with Crippen LogP contribution in [0.5, 0.6) is 0 Å². The zero-order valence-electron chi connectivity index (χ0n) is 12.4. The molecule has 1 aromatic rings. The molecule has 1 fully saturated rings. The van der Waals surface area contributed by atoms with E-state index in [1.165, 1.54) is 5.56 Å². The van der Waals surface area contributed by atoms with E-state index in [0.29, 0.717) is 6.04 Å². The van der Waals surface area contributed by atoms with Gasteiger partial charge in [-0.3, -0.25) is 4.90 Å². The molecule has 0 radical (unpaired) electrons.